The van der Waals surface area contributed by atoms with Crippen LogP contribution >= 0.6 is 0 Å². The summed E-state index contributed by atoms with van der Waals surface area (Å²) in [7, 11) is 1.97. The maximum atomic E-state index is 4.73. The van der Waals surface area contributed by atoms with Crippen LogP contribution in [-0.2, 0) is 0 Å². The topological polar surface area (TPSA) is 24.4 Å². The monoisotopic (exact) mass is 328 g/mol. The third-order valence-electron chi connectivity index (χ3n) is 5.19. The lowest BCUT2D eigenvalue weighted by Gasteiger charge is -2.27. The second-order valence-corrected chi connectivity index (χ2v) is 7.75. The van der Waals surface area contributed by atoms with E-state index in [4.69, 9.17) is 4.99 Å². The summed E-state index contributed by atoms with van der Waals surface area (Å²) in [6.45, 7) is 6.91. The van der Waals surface area contributed by atoms with Gasteiger partial charge in [-0.2, -0.15) is 0 Å². The van der Waals surface area contributed by atoms with Gasteiger partial charge in [-0.3, -0.25) is 4.99 Å². The molecular weight excluding hydrogens is 292 g/mol. The van der Waals surface area contributed by atoms with Crippen molar-refractivity contribution in [3.05, 3.63) is 29.8 Å². The van der Waals surface area contributed by atoms with E-state index < -0.39 is 0 Å². The van der Waals surface area contributed by atoms with Crippen molar-refractivity contribution in [2.75, 3.05) is 12.4 Å². The first kappa shape index (κ1) is 19.0. The fourth-order valence-corrected chi connectivity index (χ4v) is 4.12. The molecular formula is C22H36N2. The van der Waals surface area contributed by atoms with Gasteiger partial charge in [0.1, 0.15) is 0 Å². The molecule has 1 atom stereocenters. The van der Waals surface area contributed by atoms with Crippen molar-refractivity contribution in [1.82, 2.24) is 0 Å². The lowest BCUT2D eigenvalue weighted by atomic mass is 9.82. The second-order valence-electron chi connectivity index (χ2n) is 7.75. The maximum Gasteiger partial charge on any atom is 0.0468 e. The minimum atomic E-state index is 0.556. The summed E-state index contributed by atoms with van der Waals surface area (Å²) in [6, 6.07) is 9.37. The minimum Gasteiger partial charge on any atom is -0.382 e. The smallest absolute Gasteiger partial charge is 0.0468 e. The summed E-state index contributed by atoms with van der Waals surface area (Å²) in [5, 5.41) is 3.85. The normalized spacial score (nSPS) is 18.0. The van der Waals surface area contributed by atoms with Gasteiger partial charge in [-0.15, -0.1) is 0 Å². The molecule has 24 heavy (non-hydrogen) atoms. The van der Waals surface area contributed by atoms with Crippen molar-refractivity contribution < 1.29 is 0 Å². The first-order valence-electron chi connectivity index (χ1n) is 9.98. The van der Waals surface area contributed by atoms with Crippen LogP contribution in [-0.4, -0.2) is 18.8 Å². The molecule has 134 valence electrons. The van der Waals surface area contributed by atoms with E-state index in [2.05, 4.69) is 50.4 Å². The van der Waals surface area contributed by atoms with Crippen LogP contribution in [0, 0.1) is 11.8 Å². The quantitative estimate of drug-likeness (QED) is 0.555. The van der Waals surface area contributed by atoms with Gasteiger partial charge in [0.05, 0.1) is 0 Å². The molecule has 1 aromatic carbocycles. The van der Waals surface area contributed by atoms with Crippen molar-refractivity contribution in [1.29, 1.82) is 0 Å². The molecule has 1 aliphatic carbocycles. The third-order valence-corrected chi connectivity index (χ3v) is 5.19. The number of nitrogens with zero attached hydrogens (tertiary/aromatic N) is 1. The number of hydrogen-bond donors (Lipinski definition) is 1. The zero-order valence-corrected chi connectivity index (χ0v) is 16.1. The summed E-state index contributed by atoms with van der Waals surface area (Å²) < 4.78 is 0. The lowest BCUT2D eigenvalue weighted by Crippen LogP contribution is -2.25. The van der Waals surface area contributed by atoms with Crippen LogP contribution in [0.15, 0.2) is 29.3 Å². The van der Waals surface area contributed by atoms with Gasteiger partial charge in [0.15, 0.2) is 0 Å². The van der Waals surface area contributed by atoms with E-state index in [0.29, 0.717) is 12.0 Å². The molecule has 0 saturated heterocycles. The van der Waals surface area contributed by atoms with Crippen LogP contribution in [0.3, 0.4) is 0 Å². The molecule has 1 fully saturated rings. The molecule has 0 aromatic heterocycles. The Kier molecular flexibility index (Phi) is 7.81. The van der Waals surface area contributed by atoms with Crippen LogP contribution in [0.5, 0.6) is 0 Å². The van der Waals surface area contributed by atoms with Crippen molar-refractivity contribution in [3.63, 3.8) is 0 Å². The van der Waals surface area contributed by atoms with E-state index in [9.17, 15) is 0 Å². The molecule has 1 saturated carbocycles. The number of para-hydroxylation sites is 1. The highest BCUT2D eigenvalue weighted by molar-refractivity contribution is 6.06. The Labute approximate surface area is 149 Å². The molecule has 1 N–H and O–H groups in total. The van der Waals surface area contributed by atoms with Gasteiger partial charge in [-0.25, -0.2) is 0 Å². The molecule has 2 heteroatoms. The Morgan fingerprint density at radius 3 is 2.50 bits per heavy atom. The summed E-state index contributed by atoms with van der Waals surface area (Å²) >= 11 is 0. The van der Waals surface area contributed by atoms with Gasteiger partial charge >= 0.3 is 0 Å². The highest BCUT2D eigenvalue weighted by atomic mass is 14.9. The Morgan fingerprint density at radius 1 is 1.17 bits per heavy atom. The first-order valence-corrected chi connectivity index (χ1v) is 9.98. The molecule has 2 rings (SSSR count). The van der Waals surface area contributed by atoms with Crippen LogP contribution in [0.1, 0.15) is 77.7 Å². The predicted octanol–water partition coefficient (Wildman–Crippen LogP) is 6.31. The summed E-state index contributed by atoms with van der Waals surface area (Å²) in [5.41, 5.74) is 3.93. The molecule has 1 unspecified atom stereocenters. The highest BCUT2D eigenvalue weighted by Crippen LogP contribution is 2.30. The molecule has 0 aliphatic heterocycles. The molecule has 0 bridgehead atoms. The average molecular weight is 329 g/mol. The molecule has 1 aliphatic rings. The van der Waals surface area contributed by atoms with E-state index >= 15 is 0 Å². The summed E-state index contributed by atoms with van der Waals surface area (Å²) in [6.07, 6.45) is 10.4. The molecule has 0 radical (unpaired) electrons. The Balaban J connectivity index is 2.21. The van der Waals surface area contributed by atoms with Crippen molar-refractivity contribution in [3.8, 4) is 0 Å². The Morgan fingerprint density at radius 2 is 1.88 bits per heavy atom. The highest BCUT2D eigenvalue weighted by Gasteiger charge is 2.22. The van der Waals surface area contributed by atoms with Gasteiger partial charge in [0.2, 0.25) is 0 Å². The summed E-state index contributed by atoms with van der Waals surface area (Å²) in [4.78, 5) is 4.73. The molecule has 0 spiro atoms. The van der Waals surface area contributed by atoms with Crippen LogP contribution in [0.4, 0.5) is 5.69 Å². The number of hydrogen-bond acceptors (Lipinski definition) is 2. The second kappa shape index (κ2) is 9.86. The van der Waals surface area contributed by atoms with Gasteiger partial charge in [-0.05, 0) is 37.7 Å². The summed E-state index contributed by atoms with van der Waals surface area (Å²) in [5.74, 6) is 1.36. The van der Waals surface area contributed by atoms with Gasteiger partial charge < -0.3 is 5.32 Å². The van der Waals surface area contributed by atoms with Gasteiger partial charge in [0.25, 0.3) is 0 Å². The number of benzene rings is 1. The predicted molar refractivity (Wildman–Crippen MR) is 107 cm³/mol. The first-order chi connectivity index (χ1) is 11.7. The van der Waals surface area contributed by atoms with E-state index in [-0.39, 0.29) is 0 Å². The van der Waals surface area contributed by atoms with Crippen molar-refractivity contribution in [2.45, 2.75) is 78.2 Å². The van der Waals surface area contributed by atoms with Crippen LogP contribution in [0.2, 0.25) is 0 Å². The number of nitrogens with one attached hydrogen (secondary N) is 1. The Hall–Kier alpha value is -1.31. The van der Waals surface area contributed by atoms with Gasteiger partial charge in [0, 0.05) is 36.0 Å². The largest absolute Gasteiger partial charge is 0.382 e. The number of rotatable bonds is 8. The average Bonchev–Trinajstić information content (AvgIpc) is 2.58. The van der Waals surface area contributed by atoms with Gasteiger partial charge in [-0.1, -0.05) is 64.7 Å². The zero-order valence-electron chi connectivity index (χ0n) is 16.1. The number of anilines is 1. The third kappa shape index (κ3) is 5.36. The van der Waals surface area contributed by atoms with E-state index in [1.54, 1.807) is 0 Å². The van der Waals surface area contributed by atoms with E-state index in [1.165, 1.54) is 68.3 Å². The van der Waals surface area contributed by atoms with E-state index in [1.807, 2.05) is 7.05 Å². The van der Waals surface area contributed by atoms with Crippen molar-refractivity contribution >= 4 is 11.4 Å². The standard InChI is InChI=1S/C22H36N2/c1-5-11-19(16-17(2)3)24-21-15-10-9-14-20(21)22(23-4)18-12-7-6-8-13-18/h9-10,14-15,17-19,24H,5-8,11-13,16H2,1-4H3. The SMILES string of the molecule is CCCC(CC(C)C)Nc1ccccc1C(=NC)C1CCCCC1. The minimum absolute atomic E-state index is 0.556. The molecule has 0 amide bonds. The Bertz CT molecular complexity index is 512. The maximum absolute atomic E-state index is 4.73. The molecule has 0 heterocycles. The number of aliphatic imine (C=N–C) groups is 1. The van der Waals surface area contributed by atoms with Crippen LogP contribution in [0.25, 0.3) is 0 Å². The molecule has 1 aromatic rings. The fourth-order valence-electron chi connectivity index (χ4n) is 4.12. The van der Waals surface area contributed by atoms with Crippen LogP contribution < -0.4 is 5.32 Å². The molecule has 2 nitrogen and oxygen atoms in total. The van der Waals surface area contributed by atoms with Crippen molar-refractivity contribution in [2.24, 2.45) is 16.8 Å². The fraction of sp³-hybridized carbons (Fsp3) is 0.682. The lowest BCUT2D eigenvalue weighted by molar-refractivity contribution is 0.439. The zero-order chi connectivity index (χ0) is 17.4. The van der Waals surface area contributed by atoms with E-state index in [0.717, 1.165) is 5.92 Å².